The Labute approximate surface area is 184 Å². The topological polar surface area (TPSA) is 57.5 Å². The molecule has 0 saturated heterocycles. The highest BCUT2D eigenvalue weighted by molar-refractivity contribution is 5.32. The minimum absolute atomic E-state index is 0.216. The molecule has 0 aliphatic heterocycles. The molecule has 2 aromatic carbocycles. The van der Waals surface area contributed by atoms with Gasteiger partial charge in [0.05, 0.1) is 0 Å². The number of hydrogen-bond acceptors (Lipinski definition) is 3. The van der Waals surface area contributed by atoms with E-state index >= 15 is 0 Å². The minimum Gasteiger partial charge on any atom is -0.508 e. The van der Waals surface area contributed by atoms with Crippen LogP contribution in [0.25, 0.3) is 0 Å². The number of hydrogen-bond donors (Lipinski definition) is 2. The summed E-state index contributed by atoms with van der Waals surface area (Å²) in [5, 5.41) is 18.7. The van der Waals surface area contributed by atoms with Crippen molar-refractivity contribution in [1.82, 2.24) is 0 Å². The summed E-state index contributed by atoms with van der Waals surface area (Å²) >= 11 is 0. The third-order valence-corrected chi connectivity index (χ3v) is 5.57. The van der Waals surface area contributed by atoms with Gasteiger partial charge in [-0.3, -0.25) is 0 Å². The van der Waals surface area contributed by atoms with E-state index in [2.05, 4.69) is 27.7 Å². The SMILES string of the molecule is C=O.CCC(C)(C)c1ccc(O)cc1.CCCCCCCCCc1ccccc1O. The third kappa shape index (κ3) is 11.6. The van der Waals surface area contributed by atoms with Crippen LogP contribution in [0.15, 0.2) is 48.5 Å². The Hall–Kier alpha value is -2.29. The molecule has 0 radical (unpaired) electrons. The van der Waals surface area contributed by atoms with Crippen LogP contribution in [0, 0.1) is 0 Å². The fraction of sp³-hybridized carbons (Fsp3) is 0.519. The van der Waals surface area contributed by atoms with Gasteiger partial charge in [0, 0.05) is 0 Å². The first-order valence-corrected chi connectivity index (χ1v) is 11.3. The molecule has 0 atom stereocenters. The van der Waals surface area contributed by atoms with Crippen molar-refractivity contribution < 1.29 is 15.0 Å². The molecule has 30 heavy (non-hydrogen) atoms. The maximum atomic E-state index is 9.58. The first kappa shape index (κ1) is 27.7. The molecule has 3 heteroatoms. The molecule has 2 N–H and O–H groups in total. The lowest BCUT2D eigenvalue weighted by molar-refractivity contribution is -0.0979. The summed E-state index contributed by atoms with van der Waals surface area (Å²) in [4.78, 5) is 8.00. The van der Waals surface area contributed by atoms with Crippen LogP contribution in [0.5, 0.6) is 11.5 Å². The van der Waals surface area contributed by atoms with Crippen molar-refractivity contribution in [1.29, 1.82) is 0 Å². The zero-order valence-electron chi connectivity index (χ0n) is 19.5. The van der Waals surface area contributed by atoms with Crippen molar-refractivity contribution in [2.75, 3.05) is 0 Å². The fourth-order valence-electron chi connectivity index (χ4n) is 3.11. The number of benzene rings is 2. The summed E-state index contributed by atoms with van der Waals surface area (Å²) in [6.07, 6.45) is 11.4. The highest BCUT2D eigenvalue weighted by Crippen LogP contribution is 2.27. The third-order valence-electron chi connectivity index (χ3n) is 5.57. The average molecular weight is 415 g/mol. The zero-order valence-corrected chi connectivity index (χ0v) is 19.5. The van der Waals surface area contributed by atoms with E-state index in [1.807, 2.05) is 37.1 Å². The summed E-state index contributed by atoms with van der Waals surface area (Å²) in [5.74, 6) is 0.791. The Morgan fingerprint density at radius 1 is 0.767 bits per heavy atom. The first-order valence-electron chi connectivity index (χ1n) is 11.3. The van der Waals surface area contributed by atoms with E-state index in [4.69, 9.17) is 9.90 Å². The van der Waals surface area contributed by atoms with E-state index in [0.717, 1.165) is 18.4 Å². The maximum Gasteiger partial charge on any atom is 0.118 e. The van der Waals surface area contributed by atoms with Crippen molar-refractivity contribution in [3.05, 3.63) is 59.7 Å². The van der Waals surface area contributed by atoms with Crippen molar-refractivity contribution in [2.24, 2.45) is 0 Å². The molecular formula is C27H42O3. The van der Waals surface area contributed by atoms with E-state index < -0.39 is 0 Å². The van der Waals surface area contributed by atoms with Crippen molar-refractivity contribution in [2.45, 2.75) is 90.9 Å². The van der Waals surface area contributed by atoms with Gasteiger partial charge in [-0.1, -0.05) is 96.6 Å². The molecule has 0 aromatic heterocycles. The van der Waals surface area contributed by atoms with Crippen LogP contribution in [0.3, 0.4) is 0 Å². The van der Waals surface area contributed by atoms with Gasteiger partial charge in [0.2, 0.25) is 0 Å². The second-order valence-corrected chi connectivity index (χ2v) is 8.28. The Morgan fingerprint density at radius 2 is 1.30 bits per heavy atom. The standard InChI is InChI=1S/C15H24O.C11H16O.CH2O/c1-2-3-4-5-6-7-8-11-14-12-9-10-13-15(14)16;1-4-11(2,3)9-5-7-10(12)8-6-9;1-2/h9-10,12-13,16H,2-8,11H2,1H3;5-8,12H,4H2,1-3H3;1H2. The van der Waals surface area contributed by atoms with Crippen molar-refractivity contribution in [3.8, 4) is 11.5 Å². The Morgan fingerprint density at radius 3 is 1.83 bits per heavy atom. The molecule has 0 fully saturated rings. The molecule has 0 bridgehead atoms. The number of aryl methyl sites for hydroxylation is 1. The molecule has 0 aliphatic carbocycles. The normalized spacial score (nSPS) is 10.4. The van der Waals surface area contributed by atoms with Gasteiger partial charge >= 0.3 is 0 Å². The number of rotatable bonds is 10. The molecule has 0 spiro atoms. The lowest BCUT2D eigenvalue weighted by Gasteiger charge is -2.22. The van der Waals surface area contributed by atoms with Crippen LogP contribution in [0.2, 0.25) is 0 Å². The fourth-order valence-corrected chi connectivity index (χ4v) is 3.11. The summed E-state index contributed by atoms with van der Waals surface area (Å²) in [6.45, 7) is 10.8. The van der Waals surface area contributed by atoms with E-state index in [0.29, 0.717) is 11.5 Å². The highest BCUT2D eigenvalue weighted by Gasteiger charge is 2.17. The van der Waals surface area contributed by atoms with Gasteiger partial charge in [0.25, 0.3) is 0 Å². The number of aromatic hydroxyl groups is 2. The second kappa shape index (κ2) is 16.5. The van der Waals surface area contributed by atoms with Crippen LogP contribution < -0.4 is 0 Å². The van der Waals surface area contributed by atoms with Gasteiger partial charge in [-0.2, -0.15) is 0 Å². The lowest BCUT2D eigenvalue weighted by Crippen LogP contribution is -2.14. The van der Waals surface area contributed by atoms with Crippen LogP contribution in [0.1, 0.15) is 90.2 Å². The van der Waals surface area contributed by atoms with E-state index in [-0.39, 0.29) is 5.41 Å². The molecule has 0 heterocycles. The quantitative estimate of drug-likeness (QED) is 0.394. The van der Waals surface area contributed by atoms with Crippen molar-refractivity contribution >= 4 is 6.79 Å². The van der Waals surface area contributed by atoms with Gasteiger partial charge in [0.15, 0.2) is 0 Å². The molecule has 0 aliphatic rings. The zero-order chi connectivity index (χ0) is 22.8. The molecule has 2 aromatic rings. The highest BCUT2D eigenvalue weighted by atomic mass is 16.3. The summed E-state index contributed by atoms with van der Waals surface area (Å²) in [6, 6.07) is 15.1. The van der Waals surface area contributed by atoms with E-state index in [9.17, 15) is 5.11 Å². The number of carbonyl (C=O) groups excluding carboxylic acids is 1. The van der Waals surface area contributed by atoms with Crippen LogP contribution in [-0.4, -0.2) is 17.0 Å². The Bertz CT molecular complexity index is 662. The van der Waals surface area contributed by atoms with Crippen molar-refractivity contribution in [3.63, 3.8) is 0 Å². The average Bonchev–Trinajstić information content (AvgIpc) is 2.76. The van der Waals surface area contributed by atoms with E-state index in [1.165, 1.54) is 50.5 Å². The van der Waals surface area contributed by atoms with Gasteiger partial charge in [0.1, 0.15) is 18.3 Å². The predicted molar refractivity (Wildman–Crippen MR) is 128 cm³/mol. The van der Waals surface area contributed by atoms with E-state index in [1.54, 1.807) is 18.2 Å². The summed E-state index contributed by atoms with van der Waals surface area (Å²) in [7, 11) is 0. The first-order chi connectivity index (χ1) is 14.4. The van der Waals surface area contributed by atoms with Gasteiger partial charge < -0.3 is 15.0 Å². The summed E-state index contributed by atoms with van der Waals surface area (Å²) < 4.78 is 0. The largest absolute Gasteiger partial charge is 0.508 e. The second-order valence-electron chi connectivity index (χ2n) is 8.28. The number of para-hydroxylation sites is 1. The molecule has 168 valence electrons. The van der Waals surface area contributed by atoms with Gasteiger partial charge in [-0.05, 0) is 54.0 Å². The van der Waals surface area contributed by atoms with Gasteiger partial charge in [-0.25, -0.2) is 0 Å². The van der Waals surface area contributed by atoms with Crippen LogP contribution in [-0.2, 0) is 16.6 Å². The minimum atomic E-state index is 0.216. The molecule has 3 nitrogen and oxygen atoms in total. The molecule has 2 rings (SSSR count). The van der Waals surface area contributed by atoms with Crippen LogP contribution >= 0.6 is 0 Å². The predicted octanol–water partition coefficient (Wildman–Crippen LogP) is 7.58. The number of unbranched alkanes of at least 4 members (excludes halogenated alkanes) is 6. The molecule has 0 amide bonds. The molecular weight excluding hydrogens is 372 g/mol. The number of phenols is 2. The lowest BCUT2D eigenvalue weighted by atomic mass is 9.82. The molecule has 0 unspecified atom stereocenters. The Balaban J connectivity index is 0.000000535. The molecule has 0 saturated carbocycles. The Kier molecular flexibility index (Phi) is 15.2. The number of carbonyl (C=O) groups is 1. The smallest absolute Gasteiger partial charge is 0.118 e. The maximum absolute atomic E-state index is 9.58. The van der Waals surface area contributed by atoms with Gasteiger partial charge in [-0.15, -0.1) is 0 Å². The number of phenolic OH excluding ortho intramolecular Hbond substituents is 2. The summed E-state index contributed by atoms with van der Waals surface area (Å²) in [5.41, 5.74) is 2.59. The van der Waals surface area contributed by atoms with Crippen LogP contribution in [0.4, 0.5) is 0 Å². The monoisotopic (exact) mass is 414 g/mol.